The summed E-state index contributed by atoms with van der Waals surface area (Å²) in [6.45, 7) is 6.49. The molecule has 2 heterocycles. The number of nitrogens with one attached hydrogen (secondary N) is 2. The van der Waals surface area contributed by atoms with Crippen LogP contribution in [0.3, 0.4) is 0 Å². The molecule has 0 radical (unpaired) electrons. The monoisotopic (exact) mass is 388 g/mol. The summed E-state index contributed by atoms with van der Waals surface area (Å²) in [6, 6.07) is 8.24. The third-order valence-electron chi connectivity index (χ3n) is 6.33. The van der Waals surface area contributed by atoms with Crippen LogP contribution in [-0.2, 0) is 10.2 Å². The number of likely N-dealkylation sites (tertiary alicyclic amines) is 1. The molecule has 5 nitrogen and oxygen atoms in total. The molecule has 3 fully saturated rings. The lowest BCUT2D eigenvalue weighted by atomic mass is 9.79. The quantitative estimate of drug-likeness (QED) is 0.616. The van der Waals surface area contributed by atoms with Crippen LogP contribution in [-0.4, -0.2) is 49.5 Å². The van der Waals surface area contributed by atoms with E-state index in [4.69, 9.17) is 16.6 Å². The maximum absolute atomic E-state index is 11.8. The van der Waals surface area contributed by atoms with Gasteiger partial charge in [-0.1, -0.05) is 23.7 Å². The van der Waals surface area contributed by atoms with Crippen molar-refractivity contribution in [2.24, 2.45) is 10.4 Å². The number of aliphatic imine (C=N–C) groups is 1. The predicted octanol–water partition coefficient (Wildman–Crippen LogP) is 2.94. The zero-order chi connectivity index (χ0) is 18.9. The fourth-order valence-corrected chi connectivity index (χ4v) is 4.70. The van der Waals surface area contributed by atoms with Gasteiger partial charge in [-0.2, -0.15) is 0 Å². The van der Waals surface area contributed by atoms with Crippen LogP contribution in [0.15, 0.2) is 29.3 Å². The van der Waals surface area contributed by atoms with Crippen molar-refractivity contribution < 1.29 is 4.79 Å². The van der Waals surface area contributed by atoms with Gasteiger partial charge in [-0.3, -0.25) is 9.79 Å². The van der Waals surface area contributed by atoms with Crippen molar-refractivity contribution in [1.29, 1.82) is 0 Å². The molecule has 2 aliphatic heterocycles. The van der Waals surface area contributed by atoms with E-state index in [0.29, 0.717) is 6.42 Å². The number of amides is 1. The second kappa shape index (κ2) is 7.34. The molecular formula is C21H29ClN4O. The molecule has 0 aromatic heterocycles. The number of hydrogen-bond acceptors (Lipinski definition) is 2. The Labute approximate surface area is 166 Å². The highest BCUT2D eigenvalue weighted by molar-refractivity contribution is 6.30. The van der Waals surface area contributed by atoms with E-state index >= 15 is 0 Å². The molecule has 6 heteroatoms. The Bertz CT molecular complexity index is 728. The highest BCUT2D eigenvalue weighted by atomic mass is 35.5. The van der Waals surface area contributed by atoms with Gasteiger partial charge in [0.05, 0.1) is 6.54 Å². The second-order valence-corrected chi connectivity index (χ2v) is 8.87. The van der Waals surface area contributed by atoms with Crippen LogP contribution in [0, 0.1) is 5.41 Å². The van der Waals surface area contributed by atoms with Crippen LogP contribution in [0.1, 0.15) is 44.6 Å². The van der Waals surface area contributed by atoms with E-state index in [1.165, 1.54) is 18.4 Å². The van der Waals surface area contributed by atoms with Crippen LogP contribution in [0.25, 0.3) is 0 Å². The molecule has 3 aliphatic rings. The van der Waals surface area contributed by atoms with Crippen LogP contribution >= 0.6 is 11.6 Å². The molecule has 1 spiro atoms. The van der Waals surface area contributed by atoms with Gasteiger partial charge in [0.15, 0.2) is 5.96 Å². The molecule has 1 atom stereocenters. The highest BCUT2D eigenvalue weighted by Gasteiger charge is 2.45. The summed E-state index contributed by atoms with van der Waals surface area (Å²) in [5, 5.41) is 7.29. The first-order valence-corrected chi connectivity index (χ1v) is 10.5. The maximum Gasteiger partial charge on any atom is 0.220 e. The summed E-state index contributed by atoms with van der Waals surface area (Å²) >= 11 is 6.05. The minimum absolute atomic E-state index is 0.0823. The largest absolute Gasteiger partial charge is 0.357 e. The molecule has 27 heavy (non-hydrogen) atoms. The summed E-state index contributed by atoms with van der Waals surface area (Å²) in [6.07, 6.45) is 5.25. The number of carbonyl (C=O) groups is 1. The summed E-state index contributed by atoms with van der Waals surface area (Å²) < 4.78 is 0. The molecule has 2 N–H and O–H groups in total. The second-order valence-electron chi connectivity index (χ2n) is 8.44. The fraction of sp³-hybridized carbons (Fsp3) is 0.619. The Hall–Kier alpha value is -1.75. The van der Waals surface area contributed by atoms with Gasteiger partial charge in [0.1, 0.15) is 0 Å². The minimum Gasteiger partial charge on any atom is -0.357 e. The summed E-state index contributed by atoms with van der Waals surface area (Å²) in [5.41, 5.74) is 1.59. The van der Waals surface area contributed by atoms with E-state index in [1.54, 1.807) is 0 Å². The van der Waals surface area contributed by atoms with Gasteiger partial charge in [-0.05, 0) is 50.3 Å². The SMILES string of the molecule is CCNC(=NCC1(c2ccc(Cl)cc2)CC1)N1CCCC2(CNC(=O)C2)C1. The van der Waals surface area contributed by atoms with E-state index in [-0.39, 0.29) is 16.7 Å². The number of hydrogen-bond donors (Lipinski definition) is 2. The number of carbonyl (C=O) groups excluding carboxylic acids is 1. The third-order valence-corrected chi connectivity index (χ3v) is 6.59. The van der Waals surface area contributed by atoms with E-state index < -0.39 is 0 Å². The van der Waals surface area contributed by atoms with Crippen molar-refractivity contribution in [2.45, 2.75) is 44.4 Å². The minimum atomic E-state index is 0.0823. The molecule has 4 rings (SSSR count). The smallest absolute Gasteiger partial charge is 0.220 e. The molecule has 1 saturated carbocycles. The summed E-state index contributed by atoms with van der Waals surface area (Å²) in [5.74, 6) is 1.19. The Balaban J connectivity index is 1.49. The van der Waals surface area contributed by atoms with Crippen molar-refractivity contribution in [3.05, 3.63) is 34.9 Å². The van der Waals surface area contributed by atoms with Crippen LogP contribution in [0.4, 0.5) is 0 Å². The highest BCUT2D eigenvalue weighted by Crippen LogP contribution is 2.48. The van der Waals surface area contributed by atoms with Gasteiger partial charge >= 0.3 is 0 Å². The van der Waals surface area contributed by atoms with Crippen molar-refractivity contribution in [3.8, 4) is 0 Å². The molecule has 1 aromatic carbocycles. The maximum atomic E-state index is 11.8. The molecular weight excluding hydrogens is 360 g/mol. The first kappa shape index (κ1) is 18.6. The lowest BCUT2D eigenvalue weighted by Gasteiger charge is -2.41. The Morgan fingerprint density at radius 1 is 1.30 bits per heavy atom. The van der Waals surface area contributed by atoms with E-state index in [2.05, 4.69) is 34.6 Å². The van der Waals surface area contributed by atoms with Crippen molar-refractivity contribution in [1.82, 2.24) is 15.5 Å². The van der Waals surface area contributed by atoms with Gasteiger partial charge in [-0.15, -0.1) is 0 Å². The average Bonchev–Trinajstić information content (AvgIpc) is 3.37. The van der Waals surface area contributed by atoms with Crippen LogP contribution in [0.2, 0.25) is 5.02 Å². The predicted molar refractivity (Wildman–Crippen MR) is 109 cm³/mol. The number of benzene rings is 1. The summed E-state index contributed by atoms with van der Waals surface area (Å²) in [7, 11) is 0. The first-order valence-electron chi connectivity index (χ1n) is 10.1. The van der Waals surface area contributed by atoms with E-state index in [0.717, 1.165) is 56.5 Å². The van der Waals surface area contributed by atoms with Gasteiger partial charge in [0, 0.05) is 48.5 Å². The molecule has 1 amide bonds. The van der Waals surface area contributed by atoms with Gasteiger partial charge in [0.25, 0.3) is 0 Å². The zero-order valence-electron chi connectivity index (χ0n) is 16.1. The standard InChI is InChI=1S/C21H29ClN4O/c1-2-23-19(26-11-3-8-20(15-26)12-18(27)24-13-20)25-14-21(9-10-21)16-4-6-17(22)7-5-16/h4-7H,2-3,8-15H2,1H3,(H,23,25)(H,24,27). The molecule has 0 bridgehead atoms. The van der Waals surface area contributed by atoms with Crippen LogP contribution in [0.5, 0.6) is 0 Å². The number of nitrogens with zero attached hydrogens (tertiary/aromatic N) is 2. The number of piperidine rings is 1. The Morgan fingerprint density at radius 3 is 2.70 bits per heavy atom. The summed E-state index contributed by atoms with van der Waals surface area (Å²) in [4.78, 5) is 19.2. The average molecular weight is 389 g/mol. The molecule has 1 aliphatic carbocycles. The number of guanidine groups is 1. The van der Waals surface area contributed by atoms with Gasteiger partial charge in [-0.25, -0.2) is 0 Å². The number of halogens is 1. The lowest BCUT2D eigenvalue weighted by molar-refractivity contribution is -0.119. The molecule has 1 unspecified atom stereocenters. The van der Waals surface area contributed by atoms with E-state index in [1.807, 2.05) is 12.1 Å². The van der Waals surface area contributed by atoms with Gasteiger partial charge in [0.2, 0.25) is 5.91 Å². The molecule has 1 aromatic rings. The van der Waals surface area contributed by atoms with Crippen molar-refractivity contribution >= 4 is 23.5 Å². The Kier molecular flexibility index (Phi) is 5.06. The fourth-order valence-electron chi connectivity index (χ4n) is 4.57. The van der Waals surface area contributed by atoms with Crippen molar-refractivity contribution in [3.63, 3.8) is 0 Å². The Morgan fingerprint density at radius 2 is 2.07 bits per heavy atom. The zero-order valence-corrected chi connectivity index (χ0v) is 16.8. The van der Waals surface area contributed by atoms with Gasteiger partial charge < -0.3 is 15.5 Å². The first-order chi connectivity index (χ1) is 13.0. The topological polar surface area (TPSA) is 56.7 Å². The van der Waals surface area contributed by atoms with Crippen LogP contribution < -0.4 is 10.6 Å². The molecule has 146 valence electrons. The normalized spacial score (nSPS) is 27.0. The van der Waals surface area contributed by atoms with E-state index in [9.17, 15) is 4.79 Å². The molecule has 2 saturated heterocycles. The van der Waals surface area contributed by atoms with Crippen molar-refractivity contribution in [2.75, 3.05) is 32.7 Å². The lowest BCUT2D eigenvalue weighted by Crippen LogP contribution is -2.51. The number of rotatable bonds is 4. The third kappa shape index (κ3) is 3.93.